The van der Waals surface area contributed by atoms with E-state index in [9.17, 15) is 9.59 Å². The first-order chi connectivity index (χ1) is 18.3. The van der Waals surface area contributed by atoms with Crippen LogP contribution in [-0.2, 0) is 0 Å². The lowest BCUT2D eigenvalue weighted by Crippen LogP contribution is -2.25. The number of carbonyl (C=O) groups is 1. The highest BCUT2D eigenvalue weighted by molar-refractivity contribution is 6.32. The van der Waals surface area contributed by atoms with Crippen molar-refractivity contribution in [1.29, 1.82) is 0 Å². The van der Waals surface area contributed by atoms with E-state index in [0.717, 1.165) is 0 Å². The van der Waals surface area contributed by atoms with Gasteiger partial charge in [0.25, 0.3) is 5.56 Å². The van der Waals surface area contributed by atoms with Crippen molar-refractivity contribution in [3.63, 3.8) is 0 Å². The molecule has 0 saturated carbocycles. The van der Waals surface area contributed by atoms with Gasteiger partial charge in [0.15, 0.2) is 0 Å². The Morgan fingerprint density at radius 3 is 2.55 bits per heavy atom. The Bertz CT molecular complexity index is 1660. The lowest BCUT2D eigenvalue weighted by Gasteiger charge is -2.17. The Morgan fingerprint density at radius 2 is 1.89 bits per heavy atom. The minimum Gasteiger partial charge on any atom is -0.465 e. The molecule has 11 nitrogen and oxygen atoms in total. The molecule has 0 aliphatic heterocycles. The van der Waals surface area contributed by atoms with Crippen LogP contribution < -0.4 is 10.9 Å². The predicted octanol–water partition coefficient (Wildman–Crippen LogP) is 5.28. The number of pyridine rings is 1. The van der Waals surface area contributed by atoms with Crippen LogP contribution in [0.2, 0.25) is 10.2 Å². The van der Waals surface area contributed by atoms with Gasteiger partial charge in [-0.3, -0.25) is 10.1 Å². The fraction of sp³-hybridized carbons (Fsp3) is 0.120. The van der Waals surface area contributed by atoms with Crippen molar-refractivity contribution in [2.75, 3.05) is 5.32 Å². The number of aromatic nitrogens is 7. The molecule has 5 rings (SSSR count). The van der Waals surface area contributed by atoms with E-state index in [1.165, 1.54) is 17.1 Å². The normalized spacial score (nSPS) is 11.9. The van der Waals surface area contributed by atoms with Crippen molar-refractivity contribution in [2.45, 2.75) is 19.4 Å². The van der Waals surface area contributed by atoms with E-state index in [2.05, 4.69) is 30.8 Å². The third-order valence-corrected chi connectivity index (χ3v) is 6.45. The Labute approximate surface area is 225 Å². The van der Waals surface area contributed by atoms with E-state index in [1.807, 2.05) is 13.0 Å². The lowest BCUT2D eigenvalue weighted by atomic mass is 10.0. The number of amides is 1. The number of nitrogens with zero attached hydrogens (tertiary/aromatic N) is 6. The van der Waals surface area contributed by atoms with Gasteiger partial charge in [-0.15, -0.1) is 5.10 Å². The maximum atomic E-state index is 13.3. The van der Waals surface area contributed by atoms with Crippen LogP contribution in [0, 0.1) is 0 Å². The standard InChI is InChI=1S/C25H20Cl2N8O3/c1-2-19(24-30-22(23(27)31-24)14-3-6-17(7-4-14)29-25(37)38)34-10-9-15(11-21(34)36)18-12-16(26)5-8-20(18)35-13-28-32-33-35/h3-13,19,29H,2H2,1H3,(H,30,31)(H,37,38). The molecule has 0 fully saturated rings. The summed E-state index contributed by atoms with van der Waals surface area (Å²) in [5, 5.41) is 23.3. The fourth-order valence-corrected chi connectivity index (χ4v) is 4.62. The number of hydrogen-bond acceptors (Lipinski definition) is 6. The number of rotatable bonds is 7. The van der Waals surface area contributed by atoms with Crippen molar-refractivity contribution >= 4 is 35.0 Å². The molecule has 0 saturated heterocycles. The summed E-state index contributed by atoms with van der Waals surface area (Å²) in [6.07, 6.45) is 2.59. The maximum Gasteiger partial charge on any atom is 0.409 e. The van der Waals surface area contributed by atoms with Gasteiger partial charge in [-0.2, -0.15) is 4.68 Å². The quantitative estimate of drug-likeness (QED) is 0.250. The van der Waals surface area contributed by atoms with Gasteiger partial charge in [0, 0.05) is 34.1 Å². The summed E-state index contributed by atoms with van der Waals surface area (Å²) in [6, 6.07) is 14.9. The highest BCUT2D eigenvalue weighted by Crippen LogP contribution is 2.31. The molecule has 38 heavy (non-hydrogen) atoms. The molecule has 0 spiro atoms. The Balaban J connectivity index is 1.48. The van der Waals surface area contributed by atoms with Crippen molar-refractivity contribution in [2.24, 2.45) is 0 Å². The minimum absolute atomic E-state index is 0.241. The highest BCUT2D eigenvalue weighted by Gasteiger charge is 2.21. The summed E-state index contributed by atoms with van der Waals surface area (Å²) in [7, 11) is 0. The Hall–Kier alpha value is -4.48. The molecule has 0 aliphatic rings. The molecule has 3 heterocycles. The van der Waals surface area contributed by atoms with Crippen molar-refractivity contribution in [1.82, 2.24) is 34.7 Å². The molecule has 0 radical (unpaired) electrons. The number of tetrazole rings is 1. The van der Waals surface area contributed by atoms with Gasteiger partial charge in [-0.1, -0.05) is 42.3 Å². The summed E-state index contributed by atoms with van der Waals surface area (Å²) in [5.41, 5.74) is 3.41. The molecule has 0 aliphatic carbocycles. The number of hydrogen-bond donors (Lipinski definition) is 3. The van der Waals surface area contributed by atoms with Crippen molar-refractivity contribution in [3.05, 3.63) is 93.5 Å². The van der Waals surface area contributed by atoms with Crippen LogP contribution in [0.5, 0.6) is 0 Å². The van der Waals surface area contributed by atoms with E-state index in [4.69, 9.17) is 28.3 Å². The molecular weight excluding hydrogens is 531 g/mol. The van der Waals surface area contributed by atoms with E-state index in [-0.39, 0.29) is 5.56 Å². The molecule has 1 amide bonds. The van der Waals surface area contributed by atoms with Crippen LogP contribution in [-0.4, -0.2) is 45.9 Å². The first-order valence-electron chi connectivity index (χ1n) is 11.4. The number of carboxylic acid groups (broad SMARTS) is 1. The van der Waals surface area contributed by atoms with Crippen LogP contribution in [0.1, 0.15) is 25.2 Å². The summed E-state index contributed by atoms with van der Waals surface area (Å²) in [4.78, 5) is 31.9. The van der Waals surface area contributed by atoms with Crippen LogP contribution in [0.3, 0.4) is 0 Å². The number of anilines is 1. The minimum atomic E-state index is -1.15. The predicted molar refractivity (Wildman–Crippen MR) is 143 cm³/mol. The zero-order valence-corrected chi connectivity index (χ0v) is 21.4. The van der Waals surface area contributed by atoms with Gasteiger partial charge in [-0.25, -0.2) is 9.78 Å². The third-order valence-electron chi connectivity index (χ3n) is 5.94. The fourth-order valence-electron chi connectivity index (χ4n) is 4.20. The maximum absolute atomic E-state index is 13.3. The summed E-state index contributed by atoms with van der Waals surface area (Å²) in [6.45, 7) is 1.94. The molecule has 2 aromatic carbocycles. The van der Waals surface area contributed by atoms with Gasteiger partial charge in [0.05, 0.1) is 11.7 Å². The number of H-pyrrole nitrogens is 1. The van der Waals surface area contributed by atoms with Gasteiger partial charge >= 0.3 is 6.09 Å². The van der Waals surface area contributed by atoms with Crippen LogP contribution >= 0.6 is 23.2 Å². The smallest absolute Gasteiger partial charge is 0.409 e. The van der Waals surface area contributed by atoms with E-state index >= 15 is 0 Å². The molecular formula is C25H20Cl2N8O3. The number of aromatic amines is 1. The third kappa shape index (κ3) is 5.01. The van der Waals surface area contributed by atoms with Crippen molar-refractivity contribution < 1.29 is 9.90 Å². The van der Waals surface area contributed by atoms with Crippen LogP contribution in [0.25, 0.3) is 28.1 Å². The Morgan fingerprint density at radius 1 is 1.11 bits per heavy atom. The Kier molecular flexibility index (Phi) is 6.95. The molecule has 1 atom stereocenters. The average Bonchev–Trinajstić information content (AvgIpc) is 3.56. The topological polar surface area (TPSA) is 144 Å². The van der Waals surface area contributed by atoms with Crippen LogP contribution in [0.4, 0.5) is 10.5 Å². The van der Waals surface area contributed by atoms with Crippen LogP contribution in [0.15, 0.2) is 71.9 Å². The molecule has 1 unspecified atom stereocenters. The number of benzene rings is 2. The zero-order valence-electron chi connectivity index (χ0n) is 19.8. The highest BCUT2D eigenvalue weighted by atomic mass is 35.5. The zero-order chi connectivity index (χ0) is 26.8. The first-order valence-corrected chi connectivity index (χ1v) is 12.2. The van der Waals surface area contributed by atoms with Gasteiger partial charge in [-0.05, 0) is 58.8 Å². The van der Waals surface area contributed by atoms with E-state index in [1.54, 1.807) is 53.2 Å². The first kappa shape index (κ1) is 25.2. The number of imidazole rings is 1. The SMILES string of the molecule is CCC(c1nc(-c2ccc(NC(=O)O)cc2)c(Cl)[nH]1)n1ccc(-c2cc(Cl)ccc2-n2cnnn2)cc1=O. The number of nitrogens with one attached hydrogen (secondary N) is 2. The molecule has 192 valence electrons. The summed E-state index contributed by atoms with van der Waals surface area (Å²) < 4.78 is 3.09. The largest absolute Gasteiger partial charge is 0.465 e. The summed E-state index contributed by atoms with van der Waals surface area (Å²) >= 11 is 12.7. The second-order valence-electron chi connectivity index (χ2n) is 8.29. The lowest BCUT2D eigenvalue weighted by molar-refractivity contribution is 0.209. The molecule has 3 N–H and O–H groups in total. The second kappa shape index (κ2) is 10.5. The van der Waals surface area contributed by atoms with Gasteiger partial charge in [0.2, 0.25) is 0 Å². The molecule has 3 aromatic heterocycles. The second-order valence-corrected chi connectivity index (χ2v) is 9.11. The summed E-state index contributed by atoms with van der Waals surface area (Å²) in [5.74, 6) is 0.521. The van der Waals surface area contributed by atoms with E-state index < -0.39 is 12.1 Å². The molecule has 5 aromatic rings. The molecule has 0 bridgehead atoms. The van der Waals surface area contributed by atoms with Crippen molar-refractivity contribution in [3.8, 4) is 28.1 Å². The van der Waals surface area contributed by atoms with E-state index in [0.29, 0.717) is 56.2 Å². The average molecular weight is 551 g/mol. The molecule has 13 heteroatoms. The number of halogens is 2. The monoisotopic (exact) mass is 550 g/mol. The van der Waals surface area contributed by atoms with Gasteiger partial charge < -0.3 is 14.7 Å². The van der Waals surface area contributed by atoms with Gasteiger partial charge in [0.1, 0.15) is 23.0 Å².